The Bertz CT molecular complexity index is 274. The van der Waals surface area contributed by atoms with Gasteiger partial charge < -0.3 is 19.9 Å². The summed E-state index contributed by atoms with van der Waals surface area (Å²) in [7, 11) is 1.78. The Labute approximate surface area is 123 Å². The van der Waals surface area contributed by atoms with E-state index >= 15 is 0 Å². The highest BCUT2D eigenvalue weighted by Gasteiger charge is 2.25. The van der Waals surface area contributed by atoms with Crippen LogP contribution in [-0.2, 0) is 9.47 Å². The van der Waals surface area contributed by atoms with Gasteiger partial charge in [-0.2, -0.15) is 0 Å². The fourth-order valence-corrected chi connectivity index (χ4v) is 3.48. The molecule has 4 nitrogen and oxygen atoms in total. The van der Waals surface area contributed by atoms with Crippen LogP contribution < -0.4 is 5.32 Å². The van der Waals surface area contributed by atoms with Gasteiger partial charge in [0.25, 0.3) is 0 Å². The van der Waals surface area contributed by atoms with Crippen molar-refractivity contribution >= 4 is 0 Å². The predicted octanol–water partition coefficient (Wildman–Crippen LogP) is 2.10. The van der Waals surface area contributed by atoms with Gasteiger partial charge in [-0.3, -0.25) is 0 Å². The first-order valence-electron chi connectivity index (χ1n) is 8.23. The second-order valence-corrected chi connectivity index (χ2v) is 6.66. The molecule has 5 unspecified atom stereocenters. The molecule has 0 aliphatic heterocycles. The normalized spacial score (nSPS) is 36.1. The van der Waals surface area contributed by atoms with Crippen molar-refractivity contribution in [2.24, 2.45) is 5.92 Å². The molecule has 0 bridgehead atoms. The molecule has 2 aliphatic rings. The van der Waals surface area contributed by atoms with Crippen molar-refractivity contribution in [2.75, 3.05) is 20.3 Å². The number of aliphatic hydroxyl groups is 1. The summed E-state index contributed by atoms with van der Waals surface area (Å²) >= 11 is 0. The second kappa shape index (κ2) is 8.32. The number of nitrogens with one attached hydrogen (secondary N) is 1. The van der Waals surface area contributed by atoms with E-state index in [1.54, 1.807) is 7.11 Å². The van der Waals surface area contributed by atoms with E-state index in [1.807, 2.05) is 0 Å². The quantitative estimate of drug-likeness (QED) is 0.752. The molecule has 4 heteroatoms. The van der Waals surface area contributed by atoms with E-state index in [9.17, 15) is 5.11 Å². The Morgan fingerprint density at radius 2 is 2.00 bits per heavy atom. The predicted molar refractivity (Wildman–Crippen MR) is 79.8 cm³/mol. The lowest BCUT2D eigenvalue weighted by molar-refractivity contribution is -0.0312. The molecule has 0 spiro atoms. The highest BCUT2D eigenvalue weighted by atomic mass is 16.5. The Balaban J connectivity index is 1.55. The summed E-state index contributed by atoms with van der Waals surface area (Å²) in [5.41, 5.74) is 0. The summed E-state index contributed by atoms with van der Waals surface area (Å²) < 4.78 is 11.2. The smallest absolute Gasteiger partial charge is 0.0897 e. The molecule has 2 saturated carbocycles. The lowest BCUT2D eigenvalue weighted by Gasteiger charge is -2.27. The van der Waals surface area contributed by atoms with Crippen molar-refractivity contribution < 1.29 is 14.6 Å². The summed E-state index contributed by atoms with van der Waals surface area (Å²) in [4.78, 5) is 0. The van der Waals surface area contributed by atoms with E-state index in [1.165, 1.54) is 12.8 Å². The minimum Gasteiger partial charge on any atom is -0.389 e. The molecule has 0 aromatic carbocycles. The summed E-state index contributed by atoms with van der Waals surface area (Å²) in [5, 5.41) is 13.4. The zero-order valence-electron chi connectivity index (χ0n) is 13.0. The third kappa shape index (κ3) is 5.32. The van der Waals surface area contributed by atoms with Gasteiger partial charge in [-0.05, 0) is 38.0 Å². The van der Waals surface area contributed by atoms with Crippen molar-refractivity contribution in [3.63, 3.8) is 0 Å². The first-order chi connectivity index (χ1) is 9.67. The monoisotopic (exact) mass is 285 g/mol. The molecule has 0 aromatic heterocycles. The van der Waals surface area contributed by atoms with Gasteiger partial charge in [0.1, 0.15) is 0 Å². The molecule has 118 valence electrons. The maximum atomic E-state index is 10.0. The van der Waals surface area contributed by atoms with Gasteiger partial charge >= 0.3 is 0 Å². The van der Waals surface area contributed by atoms with Crippen molar-refractivity contribution in [3.05, 3.63) is 0 Å². The summed E-state index contributed by atoms with van der Waals surface area (Å²) in [6, 6.07) is 0.490. The molecule has 5 atom stereocenters. The number of rotatable bonds is 7. The van der Waals surface area contributed by atoms with Gasteiger partial charge in [-0.15, -0.1) is 0 Å². The molecular formula is C16H31NO3. The Morgan fingerprint density at radius 1 is 1.15 bits per heavy atom. The van der Waals surface area contributed by atoms with Crippen LogP contribution in [0.25, 0.3) is 0 Å². The number of hydrogen-bond donors (Lipinski definition) is 2. The zero-order chi connectivity index (χ0) is 14.4. The maximum Gasteiger partial charge on any atom is 0.0897 e. The first-order valence-corrected chi connectivity index (χ1v) is 8.23. The van der Waals surface area contributed by atoms with E-state index in [-0.39, 0.29) is 0 Å². The maximum absolute atomic E-state index is 10.0. The van der Waals surface area contributed by atoms with Crippen molar-refractivity contribution in [2.45, 2.75) is 76.2 Å². The highest BCUT2D eigenvalue weighted by molar-refractivity contribution is 4.81. The molecule has 0 heterocycles. The van der Waals surface area contributed by atoms with Crippen LogP contribution in [0.3, 0.4) is 0 Å². The molecule has 0 aromatic rings. The van der Waals surface area contributed by atoms with Crippen molar-refractivity contribution in [1.82, 2.24) is 5.32 Å². The van der Waals surface area contributed by atoms with Gasteiger partial charge in [-0.1, -0.05) is 19.8 Å². The van der Waals surface area contributed by atoms with Crippen LogP contribution in [0.15, 0.2) is 0 Å². The highest BCUT2D eigenvalue weighted by Crippen LogP contribution is 2.25. The van der Waals surface area contributed by atoms with Crippen molar-refractivity contribution in [3.8, 4) is 0 Å². The van der Waals surface area contributed by atoms with Gasteiger partial charge in [0.05, 0.1) is 24.9 Å². The minimum atomic E-state index is -0.395. The Hall–Kier alpha value is -0.160. The van der Waals surface area contributed by atoms with Gasteiger partial charge in [0.2, 0.25) is 0 Å². The topological polar surface area (TPSA) is 50.7 Å². The van der Waals surface area contributed by atoms with Crippen LogP contribution in [0.2, 0.25) is 0 Å². The molecule has 2 rings (SSSR count). The minimum absolute atomic E-state index is 0.359. The molecule has 2 fully saturated rings. The van der Waals surface area contributed by atoms with E-state index in [0.29, 0.717) is 31.4 Å². The average molecular weight is 285 g/mol. The second-order valence-electron chi connectivity index (χ2n) is 6.66. The lowest BCUT2D eigenvalue weighted by atomic mass is 9.89. The van der Waals surface area contributed by atoms with Gasteiger partial charge in [-0.25, -0.2) is 0 Å². The van der Waals surface area contributed by atoms with Crippen LogP contribution in [0, 0.1) is 5.92 Å². The molecule has 2 aliphatic carbocycles. The molecule has 0 radical (unpaired) electrons. The molecule has 2 N–H and O–H groups in total. The zero-order valence-corrected chi connectivity index (χ0v) is 13.0. The summed E-state index contributed by atoms with van der Waals surface area (Å²) in [6.07, 6.45) is 8.58. The fourth-order valence-electron chi connectivity index (χ4n) is 3.48. The van der Waals surface area contributed by atoms with E-state index in [2.05, 4.69) is 12.2 Å². The molecule has 20 heavy (non-hydrogen) atoms. The van der Waals surface area contributed by atoms with Crippen molar-refractivity contribution in [1.29, 1.82) is 0 Å². The van der Waals surface area contributed by atoms with Crippen LogP contribution >= 0.6 is 0 Å². The number of methoxy groups -OCH3 is 1. The standard InChI is InChI=1S/C16H31NO3/c1-12-4-3-5-16(8-12)20-11-14(18)10-17-13-6-7-15(9-13)19-2/h12-18H,3-11H2,1-2H3. The first kappa shape index (κ1) is 16.2. The third-order valence-electron chi connectivity index (χ3n) is 4.77. The molecule has 0 saturated heterocycles. The van der Waals surface area contributed by atoms with Crippen LogP contribution in [0.4, 0.5) is 0 Å². The van der Waals surface area contributed by atoms with Gasteiger partial charge in [0, 0.05) is 19.7 Å². The lowest BCUT2D eigenvalue weighted by Crippen LogP contribution is -2.37. The third-order valence-corrected chi connectivity index (χ3v) is 4.77. The Morgan fingerprint density at radius 3 is 2.70 bits per heavy atom. The SMILES string of the molecule is COC1CCC(NCC(O)COC2CCCC(C)C2)C1. The fraction of sp³-hybridized carbons (Fsp3) is 1.00. The number of aliphatic hydroxyl groups excluding tert-OH is 1. The molecular weight excluding hydrogens is 254 g/mol. The summed E-state index contributed by atoms with van der Waals surface area (Å²) in [5.74, 6) is 0.772. The summed E-state index contributed by atoms with van der Waals surface area (Å²) in [6.45, 7) is 3.38. The van der Waals surface area contributed by atoms with Crippen LogP contribution in [0.1, 0.15) is 51.9 Å². The Kier molecular flexibility index (Phi) is 6.75. The van der Waals surface area contributed by atoms with Crippen LogP contribution in [-0.4, -0.2) is 49.7 Å². The van der Waals surface area contributed by atoms with E-state index < -0.39 is 6.10 Å². The van der Waals surface area contributed by atoms with Crippen LogP contribution in [0.5, 0.6) is 0 Å². The average Bonchev–Trinajstić information content (AvgIpc) is 2.91. The molecule has 0 amide bonds. The largest absolute Gasteiger partial charge is 0.389 e. The van der Waals surface area contributed by atoms with E-state index in [4.69, 9.17) is 9.47 Å². The van der Waals surface area contributed by atoms with Gasteiger partial charge in [0.15, 0.2) is 0 Å². The number of ether oxygens (including phenoxy) is 2. The number of hydrogen-bond acceptors (Lipinski definition) is 4. The van der Waals surface area contributed by atoms with E-state index in [0.717, 1.165) is 38.0 Å².